The van der Waals surface area contributed by atoms with E-state index in [9.17, 15) is 4.79 Å². The number of hydrogen-bond donors (Lipinski definition) is 1. The number of quaternary nitrogens is 1. The van der Waals surface area contributed by atoms with E-state index < -0.39 is 0 Å². The van der Waals surface area contributed by atoms with Crippen molar-refractivity contribution in [1.29, 1.82) is 0 Å². The molecule has 0 saturated carbocycles. The van der Waals surface area contributed by atoms with E-state index >= 15 is 0 Å². The topological polar surface area (TPSA) is 30.7 Å². The highest BCUT2D eigenvalue weighted by molar-refractivity contribution is 5.81. The van der Waals surface area contributed by atoms with E-state index in [1.165, 1.54) is 38.4 Å². The Morgan fingerprint density at radius 3 is 2.69 bits per heavy atom. The molecule has 1 heterocycles. The van der Waals surface area contributed by atoms with Gasteiger partial charge >= 0.3 is 5.97 Å². The van der Waals surface area contributed by atoms with Crippen molar-refractivity contribution in [2.24, 2.45) is 0 Å². The van der Waals surface area contributed by atoms with Crippen molar-refractivity contribution in [2.45, 2.75) is 19.3 Å². The number of rotatable bonds is 4. The lowest BCUT2D eigenvalue weighted by Crippen LogP contribution is -3.13. The SMILES string of the molecule is C=CC(=O)OCC[NH+]1CCCCC1. The second kappa shape index (κ2) is 5.75. The van der Waals surface area contributed by atoms with Crippen LogP contribution in [0, 0.1) is 0 Å². The van der Waals surface area contributed by atoms with Crippen LogP contribution < -0.4 is 4.90 Å². The molecule has 1 fully saturated rings. The van der Waals surface area contributed by atoms with Crippen LogP contribution in [0.3, 0.4) is 0 Å². The summed E-state index contributed by atoms with van der Waals surface area (Å²) in [4.78, 5) is 12.3. The maximum Gasteiger partial charge on any atom is 0.330 e. The van der Waals surface area contributed by atoms with E-state index in [4.69, 9.17) is 4.74 Å². The average Bonchev–Trinajstić information content (AvgIpc) is 2.19. The Labute approximate surface area is 79.4 Å². The molecule has 3 heteroatoms. The predicted octanol–water partition coefficient (Wildman–Crippen LogP) is -0.216. The van der Waals surface area contributed by atoms with E-state index in [1.54, 1.807) is 4.90 Å². The molecular formula is C10H18NO2+. The minimum Gasteiger partial charge on any atom is -0.457 e. The maximum atomic E-state index is 10.7. The van der Waals surface area contributed by atoms with Gasteiger partial charge in [0.2, 0.25) is 0 Å². The predicted molar refractivity (Wildman–Crippen MR) is 50.6 cm³/mol. The number of esters is 1. The van der Waals surface area contributed by atoms with Gasteiger partial charge in [0.25, 0.3) is 0 Å². The third-order valence-electron chi connectivity index (χ3n) is 2.43. The maximum absolute atomic E-state index is 10.7. The molecular weight excluding hydrogens is 166 g/mol. The van der Waals surface area contributed by atoms with Crippen LogP contribution in [0.25, 0.3) is 0 Å². The molecule has 1 aliphatic rings. The first kappa shape index (κ1) is 10.3. The van der Waals surface area contributed by atoms with Gasteiger partial charge in [0.1, 0.15) is 13.2 Å². The summed E-state index contributed by atoms with van der Waals surface area (Å²) in [5, 5.41) is 0. The van der Waals surface area contributed by atoms with Gasteiger partial charge in [0.15, 0.2) is 0 Å². The molecule has 0 aromatic rings. The Morgan fingerprint density at radius 1 is 1.38 bits per heavy atom. The zero-order valence-corrected chi connectivity index (χ0v) is 8.05. The lowest BCUT2D eigenvalue weighted by atomic mass is 10.1. The summed E-state index contributed by atoms with van der Waals surface area (Å²) in [5.41, 5.74) is 0. The smallest absolute Gasteiger partial charge is 0.330 e. The Balaban J connectivity index is 2.04. The minimum absolute atomic E-state index is 0.309. The largest absolute Gasteiger partial charge is 0.457 e. The van der Waals surface area contributed by atoms with Crippen molar-refractivity contribution in [1.82, 2.24) is 0 Å². The van der Waals surface area contributed by atoms with Gasteiger partial charge in [-0.15, -0.1) is 0 Å². The molecule has 0 spiro atoms. The lowest BCUT2D eigenvalue weighted by Gasteiger charge is -2.22. The third kappa shape index (κ3) is 4.08. The Kier molecular flexibility index (Phi) is 4.54. The Morgan fingerprint density at radius 2 is 2.08 bits per heavy atom. The summed E-state index contributed by atoms with van der Waals surface area (Å²) in [6.07, 6.45) is 5.19. The number of ether oxygens (including phenoxy) is 1. The van der Waals surface area contributed by atoms with Crippen molar-refractivity contribution in [2.75, 3.05) is 26.2 Å². The minimum atomic E-state index is -0.309. The molecule has 74 valence electrons. The molecule has 3 nitrogen and oxygen atoms in total. The van der Waals surface area contributed by atoms with E-state index in [1.807, 2.05) is 0 Å². The number of hydrogen-bond acceptors (Lipinski definition) is 2. The Hall–Kier alpha value is -0.830. The van der Waals surface area contributed by atoms with Gasteiger partial charge in [-0.3, -0.25) is 0 Å². The molecule has 1 aliphatic heterocycles. The van der Waals surface area contributed by atoms with Gasteiger partial charge in [-0.2, -0.15) is 0 Å². The molecule has 0 aromatic heterocycles. The standard InChI is InChI=1S/C10H17NO2/c1-2-10(12)13-9-8-11-6-4-3-5-7-11/h2H,1,3-9H2/p+1. The van der Waals surface area contributed by atoms with Crippen LogP contribution in [0.5, 0.6) is 0 Å². The molecule has 1 N–H and O–H groups in total. The van der Waals surface area contributed by atoms with Crippen LogP contribution in [0.2, 0.25) is 0 Å². The van der Waals surface area contributed by atoms with E-state index in [2.05, 4.69) is 6.58 Å². The van der Waals surface area contributed by atoms with E-state index in [0.717, 1.165) is 6.54 Å². The van der Waals surface area contributed by atoms with Crippen molar-refractivity contribution in [3.63, 3.8) is 0 Å². The van der Waals surface area contributed by atoms with Crippen LogP contribution in [0.1, 0.15) is 19.3 Å². The second-order valence-electron chi connectivity index (χ2n) is 3.43. The van der Waals surface area contributed by atoms with Crippen molar-refractivity contribution < 1.29 is 14.4 Å². The number of piperidine rings is 1. The number of nitrogens with one attached hydrogen (secondary N) is 1. The third-order valence-corrected chi connectivity index (χ3v) is 2.43. The molecule has 0 atom stereocenters. The first-order chi connectivity index (χ1) is 6.33. The fourth-order valence-electron chi connectivity index (χ4n) is 1.66. The summed E-state index contributed by atoms with van der Waals surface area (Å²) in [5.74, 6) is -0.309. The Bertz CT molecular complexity index is 174. The molecule has 0 unspecified atom stereocenters. The summed E-state index contributed by atoms with van der Waals surface area (Å²) in [6, 6.07) is 0. The van der Waals surface area contributed by atoms with E-state index in [-0.39, 0.29) is 5.97 Å². The van der Waals surface area contributed by atoms with Crippen LogP contribution in [0.15, 0.2) is 12.7 Å². The molecule has 0 aliphatic carbocycles. The quantitative estimate of drug-likeness (QED) is 0.484. The fourth-order valence-corrected chi connectivity index (χ4v) is 1.66. The van der Waals surface area contributed by atoms with Crippen molar-refractivity contribution in [3.8, 4) is 0 Å². The number of carbonyl (C=O) groups excluding carboxylic acids is 1. The highest BCUT2D eigenvalue weighted by atomic mass is 16.5. The van der Waals surface area contributed by atoms with E-state index in [0.29, 0.717) is 6.61 Å². The summed E-state index contributed by atoms with van der Waals surface area (Å²) >= 11 is 0. The summed E-state index contributed by atoms with van der Waals surface area (Å²) < 4.78 is 4.92. The first-order valence-electron chi connectivity index (χ1n) is 4.95. The van der Waals surface area contributed by atoms with Crippen molar-refractivity contribution >= 4 is 5.97 Å². The number of carbonyl (C=O) groups is 1. The van der Waals surface area contributed by atoms with Gasteiger partial charge < -0.3 is 9.64 Å². The van der Waals surface area contributed by atoms with Crippen LogP contribution >= 0.6 is 0 Å². The zero-order chi connectivity index (χ0) is 9.52. The summed E-state index contributed by atoms with van der Waals surface area (Å²) in [7, 11) is 0. The summed E-state index contributed by atoms with van der Waals surface area (Å²) in [6.45, 7) is 7.27. The fraction of sp³-hybridized carbons (Fsp3) is 0.700. The molecule has 13 heavy (non-hydrogen) atoms. The van der Waals surface area contributed by atoms with Crippen LogP contribution in [-0.4, -0.2) is 32.2 Å². The molecule has 0 bridgehead atoms. The van der Waals surface area contributed by atoms with Gasteiger partial charge in [0.05, 0.1) is 13.1 Å². The molecule has 1 rings (SSSR count). The van der Waals surface area contributed by atoms with Crippen LogP contribution in [0.4, 0.5) is 0 Å². The monoisotopic (exact) mass is 184 g/mol. The van der Waals surface area contributed by atoms with Gasteiger partial charge in [-0.05, 0) is 19.3 Å². The first-order valence-corrected chi connectivity index (χ1v) is 4.95. The molecule has 0 aromatic carbocycles. The highest BCUT2D eigenvalue weighted by Crippen LogP contribution is 1.94. The normalized spacial score (nSPS) is 18.2. The van der Waals surface area contributed by atoms with Crippen LogP contribution in [-0.2, 0) is 9.53 Å². The second-order valence-corrected chi connectivity index (χ2v) is 3.43. The zero-order valence-electron chi connectivity index (χ0n) is 8.05. The van der Waals surface area contributed by atoms with Gasteiger partial charge in [-0.25, -0.2) is 4.79 Å². The number of likely N-dealkylation sites (tertiary alicyclic amines) is 1. The van der Waals surface area contributed by atoms with Crippen molar-refractivity contribution in [3.05, 3.63) is 12.7 Å². The molecule has 0 radical (unpaired) electrons. The van der Waals surface area contributed by atoms with Gasteiger partial charge in [-0.1, -0.05) is 6.58 Å². The average molecular weight is 184 g/mol. The highest BCUT2D eigenvalue weighted by Gasteiger charge is 2.12. The molecule has 0 amide bonds. The lowest BCUT2D eigenvalue weighted by molar-refractivity contribution is -0.905. The van der Waals surface area contributed by atoms with Gasteiger partial charge in [0, 0.05) is 6.08 Å². The molecule has 1 saturated heterocycles.